The Labute approximate surface area is 105 Å². The molecule has 2 rings (SSSR count). The van der Waals surface area contributed by atoms with Crippen LogP contribution in [0.4, 0.5) is 0 Å². The average molecular weight is 251 g/mol. The smallest absolute Gasteiger partial charge is 0.194 e. The summed E-state index contributed by atoms with van der Waals surface area (Å²) < 4.78 is 5.69. The maximum Gasteiger partial charge on any atom is 0.194 e. The second kappa shape index (κ2) is 5.93. The molecule has 5 heteroatoms. The van der Waals surface area contributed by atoms with E-state index < -0.39 is 0 Å². The van der Waals surface area contributed by atoms with Gasteiger partial charge in [-0.25, -0.2) is 9.97 Å². The topological polar surface area (TPSA) is 51.0 Å². The molecule has 0 saturated heterocycles. The van der Waals surface area contributed by atoms with Crippen molar-refractivity contribution in [2.24, 2.45) is 0 Å². The molecule has 0 aliphatic heterocycles. The van der Waals surface area contributed by atoms with Crippen molar-refractivity contribution >= 4 is 11.3 Å². The highest BCUT2D eigenvalue weighted by atomic mass is 32.1. The van der Waals surface area contributed by atoms with Gasteiger partial charge in [-0.05, 0) is 26.4 Å². The first-order valence-electron chi connectivity index (χ1n) is 5.88. The molecule has 0 fully saturated rings. The van der Waals surface area contributed by atoms with E-state index in [2.05, 4.69) is 22.2 Å². The van der Waals surface area contributed by atoms with Crippen LogP contribution in [-0.4, -0.2) is 23.1 Å². The first kappa shape index (κ1) is 12.3. The molecular formula is C12H17N3OS. The summed E-state index contributed by atoms with van der Waals surface area (Å²) in [5, 5.41) is 4.33. The lowest BCUT2D eigenvalue weighted by molar-refractivity contribution is 0.494. The number of nitrogens with one attached hydrogen (secondary N) is 1. The minimum Gasteiger partial charge on any atom is -0.440 e. The van der Waals surface area contributed by atoms with E-state index in [0.29, 0.717) is 0 Å². The van der Waals surface area contributed by atoms with Gasteiger partial charge in [0.15, 0.2) is 11.7 Å². The van der Waals surface area contributed by atoms with E-state index in [1.165, 1.54) is 0 Å². The summed E-state index contributed by atoms with van der Waals surface area (Å²) >= 11 is 1.63. The molecule has 0 atom stereocenters. The van der Waals surface area contributed by atoms with Crippen LogP contribution in [0.3, 0.4) is 0 Å². The summed E-state index contributed by atoms with van der Waals surface area (Å²) in [6.45, 7) is 6.11. The number of aryl methyl sites for hydroxylation is 2. The quantitative estimate of drug-likeness (QED) is 0.802. The predicted molar refractivity (Wildman–Crippen MR) is 69.2 cm³/mol. The summed E-state index contributed by atoms with van der Waals surface area (Å²) in [4.78, 5) is 9.54. The Morgan fingerprint density at radius 2 is 2.24 bits per heavy atom. The van der Waals surface area contributed by atoms with Crippen molar-refractivity contribution in [3.05, 3.63) is 23.3 Å². The molecule has 0 unspecified atom stereocenters. The fraction of sp³-hybridized carbons (Fsp3) is 0.500. The van der Waals surface area contributed by atoms with E-state index in [1.54, 1.807) is 17.5 Å². The zero-order chi connectivity index (χ0) is 12.1. The van der Waals surface area contributed by atoms with E-state index in [9.17, 15) is 0 Å². The van der Waals surface area contributed by atoms with E-state index in [-0.39, 0.29) is 0 Å². The van der Waals surface area contributed by atoms with Crippen molar-refractivity contribution in [1.82, 2.24) is 15.3 Å². The number of nitrogens with zero attached hydrogens (tertiary/aromatic N) is 2. The van der Waals surface area contributed by atoms with Gasteiger partial charge in [0.25, 0.3) is 0 Å². The number of aromatic nitrogens is 2. The van der Waals surface area contributed by atoms with Crippen molar-refractivity contribution in [3.8, 4) is 10.6 Å². The maximum absolute atomic E-state index is 5.69. The highest BCUT2D eigenvalue weighted by molar-refractivity contribution is 7.14. The number of hydrogen-bond acceptors (Lipinski definition) is 5. The fourth-order valence-corrected chi connectivity index (χ4v) is 2.28. The highest BCUT2D eigenvalue weighted by Crippen LogP contribution is 2.26. The first-order valence-corrected chi connectivity index (χ1v) is 6.69. The summed E-state index contributed by atoms with van der Waals surface area (Å²) in [6, 6.07) is 0. The maximum atomic E-state index is 5.69. The third-order valence-corrected chi connectivity index (χ3v) is 3.34. The van der Waals surface area contributed by atoms with Crippen LogP contribution in [0, 0.1) is 6.92 Å². The Hall–Kier alpha value is -1.20. The van der Waals surface area contributed by atoms with Crippen molar-refractivity contribution in [3.63, 3.8) is 0 Å². The van der Waals surface area contributed by atoms with Crippen LogP contribution in [0.25, 0.3) is 10.6 Å². The van der Waals surface area contributed by atoms with Gasteiger partial charge < -0.3 is 9.73 Å². The second-order valence-corrected chi connectivity index (χ2v) is 5.05. The molecule has 0 bridgehead atoms. The van der Waals surface area contributed by atoms with E-state index >= 15 is 0 Å². The SMILES string of the molecule is CCNCCCc1ncc(-c2cnc(C)s2)o1. The lowest BCUT2D eigenvalue weighted by Crippen LogP contribution is -2.14. The molecular weight excluding hydrogens is 234 g/mol. The zero-order valence-corrected chi connectivity index (χ0v) is 11.0. The molecule has 0 aliphatic carbocycles. The Bertz CT molecular complexity index is 464. The van der Waals surface area contributed by atoms with Gasteiger partial charge in [0, 0.05) is 12.6 Å². The molecule has 4 nitrogen and oxygen atoms in total. The molecule has 0 amide bonds. The summed E-state index contributed by atoms with van der Waals surface area (Å²) in [5.41, 5.74) is 0. The number of hydrogen-bond donors (Lipinski definition) is 1. The number of oxazole rings is 1. The van der Waals surface area contributed by atoms with Gasteiger partial charge in [-0.1, -0.05) is 6.92 Å². The van der Waals surface area contributed by atoms with E-state index in [1.807, 2.05) is 13.1 Å². The van der Waals surface area contributed by atoms with Gasteiger partial charge in [-0.3, -0.25) is 0 Å². The van der Waals surface area contributed by atoms with Gasteiger partial charge in [0.2, 0.25) is 0 Å². The lowest BCUT2D eigenvalue weighted by atomic mass is 10.3. The normalized spacial score (nSPS) is 10.9. The van der Waals surface area contributed by atoms with Crippen LogP contribution in [-0.2, 0) is 6.42 Å². The van der Waals surface area contributed by atoms with Crippen LogP contribution in [0.1, 0.15) is 24.2 Å². The van der Waals surface area contributed by atoms with Gasteiger partial charge in [0.05, 0.1) is 16.1 Å². The van der Waals surface area contributed by atoms with E-state index in [4.69, 9.17) is 4.42 Å². The molecule has 0 spiro atoms. The third-order valence-electron chi connectivity index (χ3n) is 2.41. The van der Waals surface area contributed by atoms with Crippen molar-refractivity contribution in [2.75, 3.05) is 13.1 Å². The molecule has 92 valence electrons. The average Bonchev–Trinajstić information content (AvgIpc) is 2.93. The molecule has 0 aliphatic rings. The largest absolute Gasteiger partial charge is 0.440 e. The molecule has 0 aromatic carbocycles. The van der Waals surface area contributed by atoms with Crippen LogP contribution in [0.15, 0.2) is 16.8 Å². The Balaban J connectivity index is 1.92. The molecule has 2 aromatic heterocycles. The predicted octanol–water partition coefficient (Wildman–Crippen LogP) is 2.65. The second-order valence-electron chi connectivity index (χ2n) is 3.82. The van der Waals surface area contributed by atoms with Crippen molar-refractivity contribution in [2.45, 2.75) is 26.7 Å². The fourth-order valence-electron chi connectivity index (χ4n) is 1.56. The van der Waals surface area contributed by atoms with Crippen LogP contribution >= 0.6 is 11.3 Å². The standard InChI is InChI=1S/C12H17N3OS/c1-3-13-6-4-5-12-15-7-10(16-12)11-8-14-9(2)17-11/h7-8,13H,3-6H2,1-2H3. The van der Waals surface area contributed by atoms with Gasteiger partial charge in [-0.15, -0.1) is 11.3 Å². The van der Waals surface area contributed by atoms with Crippen molar-refractivity contribution < 1.29 is 4.42 Å². The van der Waals surface area contributed by atoms with E-state index in [0.717, 1.165) is 47.5 Å². The molecule has 17 heavy (non-hydrogen) atoms. The molecule has 2 heterocycles. The van der Waals surface area contributed by atoms with Gasteiger partial charge >= 0.3 is 0 Å². The Morgan fingerprint density at radius 1 is 1.35 bits per heavy atom. The van der Waals surface area contributed by atoms with Gasteiger partial charge in [-0.2, -0.15) is 0 Å². The summed E-state index contributed by atoms with van der Waals surface area (Å²) in [6.07, 6.45) is 5.55. The van der Waals surface area contributed by atoms with Crippen molar-refractivity contribution in [1.29, 1.82) is 0 Å². The number of thiazole rings is 1. The Morgan fingerprint density at radius 3 is 2.94 bits per heavy atom. The van der Waals surface area contributed by atoms with Crippen LogP contribution in [0.5, 0.6) is 0 Å². The molecule has 0 radical (unpaired) electrons. The minimum absolute atomic E-state index is 0.809. The summed E-state index contributed by atoms with van der Waals surface area (Å²) in [7, 11) is 0. The molecule has 2 aromatic rings. The molecule has 1 N–H and O–H groups in total. The third kappa shape index (κ3) is 3.38. The number of rotatable bonds is 6. The lowest BCUT2D eigenvalue weighted by Gasteiger charge is -1.98. The Kier molecular flexibility index (Phi) is 4.28. The molecule has 0 saturated carbocycles. The van der Waals surface area contributed by atoms with Crippen LogP contribution < -0.4 is 5.32 Å². The first-order chi connectivity index (χ1) is 8.29. The monoisotopic (exact) mass is 251 g/mol. The minimum atomic E-state index is 0.809. The zero-order valence-electron chi connectivity index (χ0n) is 10.2. The summed E-state index contributed by atoms with van der Waals surface area (Å²) in [5.74, 6) is 1.64. The highest BCUT2D eigenvalue weighted by Gasteiger charge is 2.08. The van der Waals surface area contributed by atoms with Crippen LogP contribution in [0.2, 0.25) is 0 Å². The van der Waals surface area contributed by atoms with Gasteiger partial charge in [0.1, 0.15) is 0 Å².